The molecule has 110 valence electrons. The molecule has 2 aromatic rings. The highest BCUT2D eigenvalue weighted by Crippen LogP contribution is 2.19. The Balaban J connectivity index is 2.13. The maximum absolute atomic E-state index is 12.1. The Morgan fingerprint density at radius 3 is 2.67 bits per heavy atom. The lowest BCUT2D eigenvalue weighted by Crippen LogP contribution is -2.24. The fourth-order valence-electron chi connectivity index (χ4n) is 1.74. The zero-order valence-corrected chi connectivity index (χ0v) is 11.9. The van der Waals surface area contributed by atoms with Gasteiger partial charge in [-0.1, -0.05) is 6.07 Å². The van der Waals surface area contributed by atoms with Crippen molar-refractivity contribution in [3.8, 4) is 0 Å². The third-order valence-corrected chi connectivity index (χ3v) is 3.03. The number of amides is 1. The van der Waals surface area contributed by atoms with E-state index in [1.54, 1.807) is 19.2 Å². The number of nitrogens with one attached hydrogen (secondary N) is 1. The van der Waals surface area contributed by atoms with Gasteiger partial charge in [0.2, 0.25) is 5.91 Å². The Morgan fingerprint density at radius 1 is 1.43 bits per heavy atom. The van der Waals surface area contributed by atoms with Crippen molar-refractivity contribution in [1.29, 1.82) is 0 Å². The van der Waals surface area contributed by atoms with Gasteiger partial charge in [-0.15, -0.1) is 0 Å². The monoisotopic (exact) mass is 289 g/mol. The molecule has 2 rings (SSSR count). The zero-order chi connectivity index (χ0) is 15.6. The lowest BCUT2D eigenvalue weighted by molar-refractivity contribution is -0.385. The number of hydrogen-bond acceptors (Lipinski definition) is 5. The summed E-state index contributed by atoms with van der Waals surface area (Å²) >= 11 is 0. The van der Waals surface area contributed by atoms with Crippen LogP contribution in [0.4, 0.5) is 11.5 Å². The molecular weight excluding hydrogens is 274 g/mol. The van der Waals surface area contributed by atoms with E-state index < -0.39 is 11.0 Å². The molecule has 0 aromatic carbocycles. The Bertz CT molecular complexity index is 678. The van der Waals surface area contributed by atoms with Gasteiger partial charge in [0.1, 0.15) is 23.8 Å². The molecule has 2 heterocycles. The smallest absolute Gasteiger partial charge is 0.309 e. The molecule has 0 spiro atoms. The minimum atomic E-state index is -0.680. The van der Waals surface area contributed by atoms with Crippen LogP contribution in [0.3, 0.4) is 0 Å². The van der Waals surface area contributed by atoms with Crippen LogP contribution in [0.5, 0.6) is 0 Å². The molecule has 0 aliphatic carbocycles. The number of carbonyl (C=O) groups excluding carboxylic acids is 1. The number of nitro groups is 1. The van der Waals surface area contributed by atoms with Gasteiger partial charge in [0.15, 0.2) is 0 Å². The van der Waals surface area contributed by atoms with Gasteiger partial charge in [0.05, 0.1) is 4.92 Å². The summed E-state index contributed by atoms with van der Waals surface area (Å²) in [6.45, 7) is 5.04. The molecule has 0 aliphatic heterocycles. The second-order valence-electron chi connectivity index (χ2n) is 4.72. The van der Waals surface area contributed by atoms with Crippen LogP contribution < -0.4 is 5.32 Å². The standard InChI is InChI=1S/C13H15N5O3/c1-8-4-5-12(14-6-8)15-13(19)10(3)17-7-11(18(20)21)9(2)16-17/h4-7,10H,1-3H3,(H,14,15,19)/t10-/m0/s1. The van der Waals surface area contributed by atoms with Crippen molar-refractivity contribution in [3.05, 3.63) is 45.9 Å². The molecule has 2 aromatic heterocycles. The van der Waals surface area contributed by atoms with Crippen LogP contribution in [0.15, 0.2) is 24.5 Å². The van der Waals surface area contributed by atoms with E-state index in [2.05, 4.69) is 15.4 Å². The first-order valence-electron chi connectivity index (χ1n) is 6.32. The van der Waals surface area contributed by atoms with Crippen LogP contribution in [0.25, 0.3) is 0 Å². The summed E-state index contributed by atoms with van der Waals surface area (Å²) in [5.74, 6) is 0.0829. The fourth-order valence-corrected chi connectivity index (χ4v) is 1.74. The van der Waals surface area contributed by atoms with E-state index in [9.17, 15) is 14.9 Å². The average molecular weight is 289 g/mol. The molecule has 1 N–H and O–H groups in total. The second-order valence-corrected chi connectivity index (χ2v) is 4.72. The maximum Gasteiger partial charge on any atom is 0.309 e. The summed E-state index contributed by atoms with van der Waals surface area (Å²) < 4.78 is 1.27. The average Bonchev–Trinajstić information content (AvgIpc) is 2.82. The third-order valence-electron chi connectivity index (χ3n) is 3.03. The number of anilines is 1. The molecule has 0 aliphatic rings. The van der Waals surface area contributed by atoms with Crippen LogP contribution in [0.1, 0.15) is 24.2 Å². The van der Waals surface area contributed by atoms with Crippen molar-refractivity contribution in [2.45, 2.75) is 26.8 Å². The molecule has 0 saturated carbocycles. The Kier molecular flexibility index (Phi) is 3.97. The number of carbonyl (C=O) groups is 1. The number of rotatable bonds is 4. The van der Waals surface area contributed by atoms with Crippen LogP contribution in [0.2, 0.25) is 0 Å². The van der Waals surface area contributed by atoms with Crippen molar-refractivity contribution in [3.63, 3.8) is 0 Å². The van der Waals surface area contributed by atoms with Gasteiger partial charge >= 0.3 is 5.69 Å². The number of aromatic nitrogens is 3. The van der Waals surface area contributed by atoms with Gasteiger partial charge in [0, 0.05) is 6.20 Å². The summed E-state index contributed by atoms with van der Waals surface area (Å²) in [6, 6.07) is 2.84. The molecule has 21 heavy (non-hydrogen) atoms. The van der Waals surface area contributed by atoms with E-state index in [1.165, 1.54) is 17.8 Å². The Morgan fingerprint density at radius 2 is 2.14 bits per heavy atom. The van der Waals surface area contributed by atoms with Crippen molar-refractivity contribution in [1.82, 2.24) is 14.8 Å². The van der Waals surface area contributed by atoms with E-state index in [-0.39, 0.29) is 17.3 Å². The van der Waals surface area contributed by atoms with E-state index in [4.69, 9.17) is 0 Å². The predicted octanol–water partition coefficient (Wildman–Crippen LogP) is 2.00. The molecular formula is C13H15N5O3. The fraction of sp³-hybridized carbons (Fsp3) is 0.308. The zero-order valence-electron chi connectivity index (χ0n) is 11.9. The lowest BCUT2D eigenvalue weighted by atomic mass is 10.3. The minimum Gasteiger partial charge on any atom is -0.309 e. The summed E-state index contributed by atoms with van der Waals surface area (Å²) in [4.78, 5) is 26.5. The predicted molar refractivity (Wildman–Crippen MR) is 75.9 cm³/mol. The molecule has 0 unspecified atom stereocenters. The number of nitrogens with zero attached hydrogens (tertiary/aromatic N) is 4. The maximum atomic E-state index is 12.1. The van der Waals surface area contributed by atoms with Gasteiger partial charge < -0.3 is 5.32 Å². The highest BCUT2D eigenvalue weighted by molar-refractivity contribution is 5.92. The lowest BCUT2D eigenvalue weighted by Gasteiger charge is -2.11. The van der Waals surface area contributed by atoms with E-state index in [0.717, 1.165) is 5.56 Å². The van der Waals surface area contributed by atoms with Crippen molar-refractivity contribution in [2.75, 3.05) is 5.32 Å². The molecule has 0 saturated heterocycles. The summed E-state index contributed by atoms with van der Waals surface area (Å²) in [5, 5.41) is 17.4. The minimum absolute atomic E-state index is 0.108. The molecule has 0 bridgehead atoms. The quantitative estimate of drug-likeness (QED) is 0.685. The van der Waals surface area contributed by atoms with Crippen molar-refractivity contribution >= 4 is 17.4 Å². The summed E-state index contributed by atoms with van der Waals surface area (Å²) in [5.41, 5.74) is 1.15. The topological polar surface area (TPSA) is 103 Å². The second kappa shape index (κ2) is 5.70. The first kappa shape index (κ1) is 14.6. The summed E-state index contributed by atoms with van der Waals surface area (Å²) in [7, 11) is 0. The Hall–Kier alpha value is -2.77. The van der Waals surface area contributed by atoms with Gasteiger partial charge in [-0.2, -0.15) is 5.10 Å². The molecule has 1 amide bonds. The van der Waals surface area contributed by atoms with E-state index >= 15 is 0 Å². The molecule has 0 radical (unpaired) electrons. The Labute approximate surface area is 121 Å². The van der Waals surface area contributed by atoms with Crippen LogP contribution >= 0.6 is 0 Å². The van der Waals surface area contributed by atoms with E-state index in [1.807, 2.05) is 13.0 Å². The number of aryl methyl sites for hydroxylation is 2. The number of pyridine rings is 1. The summed E-state index contributed by atoms with van der Waals surface area (Å²) in [6.07, 6.45) is 2.89. The van der Waals surface area contributed by atoms with Crippen LogP contribution in [0, 0.1) is 24.0 Å². The van der Waals surface area contributed by atoms with Crippen molar-refractivity contribution in [2.24, 2.45) is 0 Å². The highest BCUT2D eigenvalue weighted by Gasteiger charge is 2.22. The van der Waals surface area contributed by atoms with Crippen LogP contribution in [-0.4, -0.2) is 25.6 Å². The highest BCUT2D eigenvalue weighted by atomic mass is 16.6. The van der Waals surface area contributed by atoms with Gasteiger partial charge in [-0.05, 0) is 32.4 Å². The normalized spacial score (nSPS) is 12.0. The first-order valence-corrected chi connectivity index (χ1v) is 6.32. The molecule has 1 atom stereocenters. The van der Waals surface area contributed by atoms with Gasteiger partial charge in [-0.3, -0.25) is 19.6 Å². The first-order chi connectivity index (χ1) is 9.88. The van der Waals surface area contributed by atoms with Crippen LogP contribution in [-0.2, 0) is 4.79 Å². The largest absolute Gasteiger partial charge is 0.309 e. The van der Waals surface area contributed by atoms with Gasteiger partial charge in [-0.25, -0.2) is 4.98 Å². The van der Waals surface area contributed by atoms with Gasteiger partial charge in [0.25, 0.3) is 0 Å². The number of hydrogen-bond donors (Lipinski definition) is 1. The van der Waals surface area contributed by atoms with Crippen molar-refractivity contribution < 1.29 is 9.72 Å². The SMILES string of the molecule is Cc1ccc(NC(=O)[C@H](C)n2cc([N+](=O)[O-])c(C)n2)nc1. The van der Waals surface area contributed by atoms with E-state index in [0.29, 0.717) is 5.82 Å². The third kappa shape index (κ3) is 3.22. The molecule has 0 fully saturated rings. The molecule has 8 heteroatoms. The molecule has 8 nitrogen and oxygen atoms in total.